The van der Waals surface area contributed by atoms with E-state index in [0.29, 0.717) is 27.7 Å². The first-order valence-corrected chi connectivity index (χ1v) is 8.84. The number of hydrogen-bond acceptors (Lipinski definition) is 4. The second-order valence-corrected chi connectivity index (χ2v) is 6.93. The molecule has 4 rings (SSSR count). The van der Waals surface area contributed by atoms with Crippen LogP contribution in [0.15, 0.2) is 36.8 Å². The summed E-state index contributed by atoms with van der Waals surface area (Å²) in [5.41, 5.74) is 1.34. The van der Waals surface area contributed by atoms with E-state index in [-0.39, 0.29) is 6.04 Å². The fourth-order valence-corrected chi connectivity index (χ4v) is 3.28. The lowest BCUT2D eigenvalue weighted by Gasteiger charge is -2.10. The molecule has 0 bridgehead atoms. The Hall–Kier alpha value is -2.74. The molecule has 0 amide bonds. The predicted octanol–water partition coefficient (Wildman–Crippen LogP) is 5.02. The van der Waals surface area contributed by atoms with Crippen LogP contribution in [0.4, 0.5) is 20.4 Å². The topological polar surface area (TPSA) is 60.6 Å². The molecule has 0 spiro atoms. The number of fused-ring (bicyclic) bond motifs is 2. The Morgan fingerprint density at radius 1 is 1.19 bits per heavy atom. The third-order valence-corrected chi connectivity index (χ3v) is 4.55. The highest BCUT2D eigenvalue weighted by Gasteiger charge is 2.13. The lowest BCUT2D eigenvalue weighted by Crippen LogP contribution is -2.06. The fourth-order valence-electron chi connectivity index (χ4n) is 3.03. The molecule has 0 aliphatic carbocycles. The molecular formula is C18H17ClF2N6. The first-order valence-electron chi connectivity index (χ1n) is 8.46. The summed E-state index contributed by atoms with van der Waals surface area (Å²) in [6.45, 7) is 3.66. The molecule has 0 saturated carbocycles. The smallest absolute Gasteiger partial charge is 0.256 e. The predicted molar refractivity (Wildman–Crippen MR) is 102 cm³/mol. The molecule has 1 N–H and O–H groups in total. The van der Waals surface area contributed by atoms with Crippen LogP contribution >= 0.6 is 11.6 Å². The Bertz CT molecular complexity index is 1120. The van der Waals surface area contributed by atoms with Gasteiger partial charge in [-0.3, -0.25) is 4.68 Å². The van der Waals surface area contributed by atoms with Gasteiger partial charge in [-0.25, -0.2) is 18.7 Å². The van der Waals surface area contributed by atoms with Crippen LogP contribution in [-0.2, 0) is 6.54 Å². The standard InChI is InChI=1S/C18H17ClF2N6/c1-10(2)27-14-6-16(22-7-11(14)8-23-27)24-17-5-13(19)12-3-4-26(9-15(20)21)18(12)25-17/h3-8,10,15H,9H2,1-2H3,(H,22,24,25). The summed E-state index contributed by atoms with van der Waals surface area (Å²) < 4.78 is 28.9. The van der Waals surface area contributed by atoms with Gasteiger partial charge in [-0.05, 0) is 19.9 Å². The van der Waals surface area contributed by atoms with E-state index >= 15 is 0 Å². The van der Waals surface area contributed by atoms with Crippen LogP contribution in [0.3, 0.4) is 0 Å². The van der Waals surface area contributed by atoms with Gasteiger partial charge >= 0.3 is 0 Å². The zero-order valence-corrected chi connectivity index (χ0v) is 15.5. The van der Waals surface area contributed by atoms with Gasteiger partial charge in [0.05, 0.1) is 23.3 Å². The molecule has 6 nitrogen and oxygen atoms in total. The van der Waals surface area contributed by atoms with Crippen molar-refractivity contribution in [2.24, 2.45) is 0 Å². The second-order valence-electron chi connectivity index (χ2n) is 6.52. The maximum Gasteiger partial charge on any atom is 0.256 e. The molecule has 140 valence electrons. The zero-order chi connectivity index (χ0) is 19.1. The SMILES string of the molecule is CC(C)n1ncc2cnc(Nc3cc(Cl)c4ccn(CC(F)F)c4n3)cc21. The van der Waals surface area contributed by atoms with Gasteiger partial charge in [0, 0.05) is 41.3 Å². The molecule has 0 aliphatic rings. The number of pyridine rings is 2. The van der Waals surface area contributed by atoms with Crippen molar-refractivity contribution >= 4 is 45.2 Å². The summed E-state index contributed by atoms with van der Waals surface area (Å²) in [7, 11) is 0. The van der Waals surface area contributed by atoms with Crippen molar-refractivity contribution in [1.29, 1.82) is 0 Å². The third-order valence-electron chi connectivity index (χ3n) is 4.24. The Labute approximate surface area is 158 Å². The van der Waals surface area contributed by atoms with Crippen molar-refractivity contribution in [3.8, 4) is 0 Å². The number of alkyl halides is 2. The van der Waals surface area contributed by atoms with Gasteiger partial charge in [-0.2, -0.15) is 5.10 Å². The molecule has 0 atom stereocenters. The Morgan fingerprint density at radius 2 is 2.00 bits per heavy atom. The number of hydrogen-bond donors (Lipinski definition) is 1. The van der Waals surface area contributed by atoms with Crippen molar-refractivity contribution in [2.45, 2.75) is 32.9 Å². The largest absolute Gasteiger partial charge is 0.327 e. The number of rotatable bonds is 5. The monoisotopic (exact) mass is 390 g/mol. The molecule has 27 heavy (non-hydrogen) atoms. The van der Waals surface area contributed by atoms with Gasteiger partial charge in [0.15, 0.2) is 0 Å². The van der Waals surface area contributed by atoms with E-state index in [1.54, 1.807) is 30.7 Å². The average Bonchev–Trinajstić information content (AvgIpc) is 3.19. The van der Waals surface area contributed by atoms with E-state index in [0.717, 1.165) is 10.9 Å². The normalized spacial score (nSPS) is 12.0. The van der Waals surface area contributed by atoms with Crippen LogP contribution in [0.2, 0.25) is 5.02 Å². The number of nitrogens with zero attached hydrogens (tertiary/aromatic N) is 5. The summed E-state index contributed by atoms with van der Waals surface area (Å²) in [6.07, 6.45) is 2.58. The van der Waals surface area contributed by atoms with Gasteiger partial charge in [-0.15, -0.1) is 0 Å². The van der Waals surface area contributed by atoms with Crippen molar-refractivity contribution in [3.05, 3.63) is 41.8 Å². The number of anilines is 2. The van der Waals surface area contributed by atoms with Gasteiger partial charge in [-0.1, -0.05) is 11.6 Å². The summed E-state index contributed by atoms with van der Waals surface area (Å²) in [4.78, 5) is 8.81. The third kappa shape index (κ3) is 3.32. The van der Waals surface area contributed by atoms with Crippen LogP contribution in [0.5, 0.6) is 0 Å². The van der Waals surface area contributed by atoms with Gasteiger partial charge in [0.2, 0.25) is 0 Å². The quantitative estimate of drug-likeness (QED) is 0.519. The molecule has 0 unspecified atom stereocenters. The second kappa shape index (κ2) is 6.77. The van der Waals surface area contributed by atoms with Crippen molar-refractivity contribution < 1.29 is 8.78 Å². The van der Waals surface area contributed by atoms with E-state index in [1.165, 1.54) is 4.57 Å². The Kier molecular flexibility index (Phi) is 4.43. The van der Waals surface area contributed by atoms with Crippen LogP contribution in [-0.4, -0.2) is 30.7 Å². The van der Waals surface area contributed by atoms with E-state index in [9.17, 15) is 8.78 Å². The molecule has 0 aromatic carbocycles. The first kappa shape index (κ1) is 17.7. The Morgan fingerprint density at radius 3 is 2.74 bits per heavy atom. The molecule has 0 fully saturated rings. The molecule has 0 radical (unpaired) electrons. The highest BCUT2D eigenvalue weighted by Crippen LogP contribution is 2.28. The average molecular weight is 391 g/mol. The first-order chi connectivity index (χ1) is 12.9. The van der Waals surface area contributed by atoms with Crippen LogP contribution in [0.25, 0.3) is 21.9 Å². The van der Waals surface area contributed by atoms with Gasteiger partial charge < -0.3 is 9.88 Å². The molecular weight excluding hydrogens is 374 g/mol. The molecule has 4 aromatic heterocycles. The summed E-state index contributed by atoms with van der Waals surface area (Å²) in [5.74, 6) is 1.00. The van der Waals surface area contributed by atoms with Crippen LogP contribution in [0.1, 0.15) is 19.9 Å². The highest BCUT2D eigenvalue weighted by atomic mass is 35.5. The molecule has 4 aromatic rings. The van der Waals surface area contributed by atoms with E-state index in [1.807, 2.05) is 24.6 Å². The minimum absolute atomic E-state index is 0.208. The number of halogens is 3. The minimum atomic E-state index is -2.47. The number of aromatic nitrogens is 5. The molecule has 0 aliphatic heterocycles. The molecule has 4 heterocycles. The van der Waals surface area contributed by atoms with Gasteiger partial charge in [0.1, 0.15) is 17.3 Å². The van der Waals surface area contributed by atoms with Crippen LogP contribution in [0, 0.1) is 0 Å². The van der Waals surface area contributed by atoms with Crippen molar-refractivity contribution in [3.63, 3.8) is 0 Å². The highest BCUT2D eigenvalue weighted by molar-refractivity contribution is 6.35. The van der Waals surface area contributed by atoms with E-state index in [2.05, 4.69) is 20.4 Å². The summed E-state index contributed by atoms with van der Waals surface area (Å²) in [5, 5.41) is 9.47. The lowest BCUT2D eigenvalue weighted by atomic mass is 10.3. The molecule has 0 saturated heterocycles. The van der Waals surface area contributed by atoms with Crippen LogP contribution < -0.4 is 5.32 Å². The maximum atomic E-state index is 12.8. The summed E-state index contributed by atoms with van der Waals surface area (Å²) >= 11 is 6.31. The minimum Gasteiger partial charge on any atom is -0.327 e. The van der Waals surface area contributed by atoms with Crippen molar-refractivity contribution in [1.82, 2.24) is 24.3 Å². The van der Waals surface area contributed by atoms with Gasteiger partial charge in [0.25, 0.3) is 6.43 Å². The van der Waals surface area contributed by atoms with E-state index in [4.69, 9.17) is 11.6 Å². The number of nitrogens with one attached hydrogen (secondary N) is 1. The van der Waals surface area contributed by atoms with E-state index < -0.39 is 13.0 Å². The molecule has 9 heteroatoms. The lowest BCUT2D eigenvalue weighted by molar-refractivity contribution is 0.128. The Balaban J connectivity index is 1.72. The van der Waals surface area contributed by atoms with Crippen molar-refractivity contribution in [2.75, 3.05) is 5.32 Å². The fraction of sp³-hybridized carbons (Fsp3) is 0.278. The zero-order valence-electron chi connectivity index (χ0n) is 14.7. The maximum absolute atomic E-state index is 12.8. The summed E-state index contributed by atoms with van der Waals surface area (Å²) in [6, 6.07) is 5.42.